The van der Waals surface area contributed by atoms with Crippen LogP contribution in [0.1, 0.15) is 31.0 Å². The Morgan fingerprint density at radius 3 is 2.50 bits per heavy atom. The van der Waals surface area contributed by atoms with E-state index in [-0.39, 0.29) is 17.9 Å². The van der Waals surface area contributed by atoms with Gasteiger partial charge in [-0.25, -0.2) is 14.6 Å². The highest BCUT2D eigenvalue weighted by molar-refractivity contribution is 5.98. The first-order valence-electron chi connectivity index (χ1n) is 10.1. The van der Waals surface area contributed by atoms with Crippen LogP contribution in [-0.2, 0) is 12.8 Å². The quantitative estimate of drug-likeness (QED) is 0.538. The van der Waals surface area contributed by atoms with Crippen LogP contribution in [0.3, 0.4) is 0 Å². The summed E-state index contributed by atoms with van der Waals surface area (Å²) in [5.74, 6) is 0.874. The third kappa shape index (κ3) is 3.03. The lowest BCUT2D eigenvalue weighted by molar-refractivity contribution is 0.232. The first-order chi connectivity index (χ1) is 14.5. The normalized spacial score (nSPS) is 13.8. The number of anilines is 1. The Bertz CT molecular complexity index is 1220. The minimum absolute atomic E-state index is 0.0326. The van der Waals surface area contributed by atoms with Crippen molar-refractivity contribution in [1.29, 1.82) is 0 Å². The topological polar surface area (TPSA) is 99.1 Å². The van der Waals surface area contributed by atoms with Gasteiger partial charge in [0.2, 0.25) is 0 Å². The van der Waals surface area contributed by atoms with Gasteiger partial charge in [0, 0.05) is 5.56 Å². The molecule has 5 rings (SSSR count). The molecule has 30 heavy (non-hydrogen) atoms. The van der Waals surface area contributed by atoms with Crippen LogP contribution in [-0.4, -0.2) is 31.0 Å². The minimum atomic E-state index is -0.0326. The van der Waals surface area contributed by atoms with E-state index in [1.807, 2.05) is 24.6 Å². The second-order valence-electron chi connectivity index (χ2n) is 7.93. The van der Waals surface area contributed by atoms with Gasteiger partial charge in [-0.1, -0.05) is 24.3 Å². The van der Waals surface area contributed by atoms with Crippen molar-refractivity contribution < 1.29 is 9.84 Å². The Balaban J connectivity index is 1.61. The molecule has 1 aliphatic rings. The Hall–Kier alpha value is -3.61. The van der Waals surface area contributed by atoms with Crippen molar-refractivity contribution in [2.24, 2.45) is 0 Å². The SMILES string of the molecule is CC(C)Oc1ccc(-c2nn(C3Cc4ccccc4C3)c3ncnc(N)c23)cc1O. The van der Waals surface area contributed by atoms with Crippen molar-refractivity contribution in [1.82, 2.24) is 19.7 Å². The number of aromatic nitrogens is 4. The molecule has 0 amide bonds. The van der Waals surface area contributed by atoms with Crippen LogP contribution in [0.5, 0.6) is 11.5 Å². The molecule has 2 heterocycles. The van der Waals surface area contributed by atoms with E-state index in [2.05, 4.69) is 34.2 Å². The van der Waals surface area contributed by atoms with Crippen LogP contribution in [0.15, 0.2) is 48.8 Å². The molecule has 152 valence electrons. The van der Waals surface area contributed by atoms with E-state index < -0.39 is 0 Å². The van der Waals surface area contributed by atoms with Crippen LogP contribution in [0, 0.1) is 0 Å². The van der Waals surface area contributed by atoms with Gasteiger partial charge in [0.15, 0.2) is 17.1 Å². The molecule has 0 saturated heterocycles. The highest BCUT2D eigenvalue weighted by Gasteiger charge is 2.27. The number of hydrogen-bond acceptors (Lipinski definition) is 6. The Morgan fingerprint density at radius 2 is 1.83 bits per heavy atom. The average molecular weight is 401 g/mol. The van der Waals surface area contributed by atoms with Crippen molar-refractivity contribution in [3.63, 3.8) is 0 Å². The summed E-state index contributed by atoms with van der Waals surface area (Å²) in [4.78, 5) is 8.68. The number of aromatic hydroxyl groups is 1. The fraction of sp³-hybridized carbons (Fsp3) is 0.261. The van der Waals surface area contributed by atoms with Gasteiger partial charge in [0.1, 0.15) is 17.8 Å². The number of benzene rings is 2. The van der Waals surface area contributed by atoms with Gasteiger partial charge in [-0.3, -0.25) is 0 Å². The van der Waals surface area contributed by atoms with Gasteiger partial charge >= 0.3 is 0 Å². The molecule has 2 aromatic carbocycles. The molecule has 0 radical (unpaired) electrons. The minimum Gasteiger partial charge on any atom is -0.504 e. The van der Waals surface area contributed by atoms with E-state index in [9.17, 15) is 5.11 Å². The summed E-state index contributed by atoms with van der Waals surface area (Å²) >= 11 is 0. The van der Waals surface area contributed by atoms with Crippen LogP contribution in [0.2, 0.25) is 0 Å². The maximum atomic E-state index is 10.5. The molecule has 0 fully saturated rings. The monoisotopic (exact) mass is 401 g/mol. The van der Waals surface area contributed by atoms with Gasteiger partial charge in [0.25, 0.3) is 0 Å². The van der Waals surface area contributed by atoms with Crippen LogP contribution in [0.4, 0.5) is 5.82 Å². The number of nitrogens with two attached hydrogens (primary N) is 1. The van der Waals surface area contributed by atoms with Crippen molar-refractivity contribution >= 4 is 16.9 Å². The molecule has 2 aromatic heterocycles. The maximum Gasteiger partial charge on any atom is 0.164 e. The van der Waals surface area contributed by atoms with E-state index in [0.717, 1.165) is 18.4 Å². The predicted octanol–water partition coefficient (Wildman–Crippen LogP) is 3.91. The lowest BCUT2D eigenvalue weighted by Gasteiger charge is -2.12. The summed E-state index contributed by atoms with van der Waals surface area (Å²) in [6, 6.07) is 13.9. The summed E-state index contributed by atoms with van der Waals surface area (Å²) in [7, 11) is 0. The number of rotatable bonds is 4. The number of nitrogen functional groups attached to an aromatic ring is 1. The predicted molar refractivity (Wildman–Crippen MR) is 115 cm³/mol. The zero-order valence-corrected chi connectivity index (χ0v) is 16.9. The molecular weight excluding hydrogens is 378 g/mol. The fourth-order valence-corrected chi connectivity index (χ4v) is 4.18. The fourth-order valence-electron chi connectivity index (χ4n) is 4.18. The Kier molecular flexibility index (Phi) is 4.31. The molecule has 1 aliphatic carbocycles. The number of fused-ring (bicyclic) bond motifs is 2. The highest BCUT2D eigenvalue weighted by Crippen LogP contribution is 2.38. The number of phenols is 1. The molecule has 0 unspecified atom stereocenters. The number of phenolic OH excluding ortho intramolecular Hbond substituents is 1. The van der Waals surface area contributed by atoms with Gasteiger partial charge in [-0.2, -0.15) is 5.10 Å². The standard InChI is InChI=1S/C23H23N5O2/c1-13(2)30-19-8-7-16(11-18(19)29)21-20-22(24)25-12-26-23(20)28(27-21)17-9-14-5-3-4-6-15(14)10-17/h3-8,11-13,17,29H,9-10H2,1-2H3,(H2,24,25,26). The molecule has 0 aliphatic heterocycles. The zero-order chi connectivity index (χ0) is 20.8. The summed E-state index contributed by atoms with van der Waals surface area (Å²) < 4.78 is 7.60. The molecule has 3 N–H and O–H groups in total. The van der Waals surface area contributed by atoms with Gasteiger partial charge < -0.3 is 15.6 Å². The second kappa shape index (κ2) is 7.02. The van der Waals surface area contributed by atoms with Crippen LogP contribution < -0.4 is 10.5 Å². The smallest absolute Gasteiger partial charge is 0.164 e. The van der Waals surface area contributed by atoms with Gasteiger partial charge in [-0.15, -0.1) is 0 Å². The zero-order valence-electron chi connectivity index (χ0n) is 16.9. The van der Waals surface area contributed by atoms with E-state index in [1.54, 1.807) is 12.1 Å². The summed E-state index contributed by atoms with van der Waals surface area (Å²) in [6.07, 6.45) is 3.22. The molecule has 7 nitrogen and oxygen atoms in total. The highest BCUT2D eigenvalue weighted by atomic mass is 16.5. The summed E-state index contributed by atoms with van der Waals surface area (Å²) in [5, 5.41) is 16.1. The van der Waals surface area contributed by atoms with E-state index in [0.29, 0.717) is 28.3 Å². The van der Waals surface area contributed by atoms with Crippen molar-refractivity contribution in [2.45, 2.75) is 38.8 Å². The maximum absolute atomic E-state index is 10.5. The largest absolute Gasteiger partial charge is 0.504 e. The summed E-state index contributed by atoms with van der Waals surface area (Å²) in [6.45, 7) is 3.83. The van der Waals surface area contributed by atoms with Crippen molar-refractivity contribution in [3.8, 4) is 22.8 Å². The first kappa shape index (κ1) is 18.4. The molecule has 0 spiro atoms. The third-order valence-corrected chi connectivity index (χ3v) is 5.49. The van der Waals surface area contributed by atoms with Crippen LogP contribution >= 0.6 is 0 Å². The van der Waals surface area contributed by atoms with Gasteiger partial charge in [0.05, 0.1) is 17.5 Å². The molecule has 4 aromatic rings. The Morgan fingerprint density at radius 1 is 1.10 bits per heavy atom. The second-order valence-corrected chi connectivity index (χ2v) is 7.93. The molecule has 7 heteroatoms. The third-order valence-electron chi connectivity index (χ3n) is 5.49. The summed E-state index contributed by atoms with van der Waals surface area (Å²) in [5.41, 5.74) is 11.0. The average Bonchev–Trinajstić information content (AvgIpc) is 3.31. The molecular formula is C23H23N5O2. The lowest BCUT2D eigenvalue weighted by atomic mass is 10.1. The van der Waals surface area contributed by atoms with E-state index in [1.165, 1.54) is 17.5 Å². The number of ether oxygens (including phenoxy) is 1. The molecule has 0 atom stereocenters. The van der Waals surface area contributed by atoms with E-state index >= 15 is 0 Å². The van der Waals surface area contributed by atoms with Gasteiger partial charge in [-0.05, 0) is 56.0 Å². The Labute approximate surface area is 174 Å². The lowest BCUT2D eigenvalue weighted by Crippen LogP contribution is -2.11. The van der Waals surface area contributed by atoms with Crippen LogP contribution in [0.25, 0.3) is 22.3 Å². The number of nitrogens with zero attached hydrogens (tertiary/aromatic N) is 4. The van der Waals surface area contributed by atoms with Crippen molar-refractivity contribution in [2.75, 3.05) is 5.73 Å². The molecule has 0 saturated carbocycles. The van der Waals surface area contributed by atoms with E-state index in [4.69, 9.17) is 15.6 Å². The van der Waals surface area contributed by atoms with Crippen molar-refractivity contribution in [3.05, 3.63) is 59.9 Å². The molecule has 0 bridgehead atoms. The number of hydrogen-bond donors (Lipinski definition) is 2. The first-order valence-corrected chi connectivity index (χ1v) is 10.1.